The molecular formula is C16H17N5. The molecule has 0 fully saturated rings. The van der Waals surface area contributed by atoms with Gasteiger partial charge < -0.3 is 0 Å². The third-order valence-corrected chi connectivity index (χ3v) is 2.67. The Morgan fingerprint density at radius 2 is 1.81 bits per heavy atom. The molecule has 21 heavy (non-hydrogen) atoms. The van der Waals surface area contributed by atoms with Gasteiger partial charge >= 0.3 is 0 Å². The summed E-state index contributed by atoms with van der Waals surface area (Å²) in [4.78, 5) is 3.96. The maximum absolute atomic E-state index is 4.16. The van der Waals surface area contributed by atoms with E-state index in [9.17, 15) is 0 Å². The summed E-state index contributed by atoms with van der Waals surface area (Å²) in [5.74, 6) is 0.997. The van der Waals surface area contributed by atoms with Crippen molar-refractivity contribution < 1.29 is 0 Å². The van der Waals surface area contributed by atoms with E-state index in [-0.39, 0.29) is 0 Å². The van der Waals surface area contributed by atoms with Crippen molar-refractivity contribution >= 4 is 5.57 Å². The van der Waals surface area contributed by atoms with E-state index in [1.54, 1.807) is 12.4 Å². The van der Waals surface area contributed by atoms with E-state index in [0.717, 1.165) is 17.6 Å². The monoisotopic (exact) mass is 279 g/mol. The van der Waals surface area contributed by atoms with Gasteiger partial charge in [0.15, 0.2) is 0 Å². The summed E-state index contributed by atoms with van der Waals surface area (Å²) in [7, 11) is 0. The zero-order valence-corrected chi connectivity index (χ0v) is 12.1. The van der Waals surface area contributed by atoms with E-state index >= 15 is 0 Å². The quantitative estimate of drug-likeness (QED) is 0.786. The van der Waals surface area contributed by atoms with Crippen molar-refractivity contribution in [2.24, 2.45) is 0 Å². The van der Waals surface area contributed by atoms with Gasteiger partial charge in [-0.2, -0.15) is 0 Å². The molecule has 0 aliphatic carbocycles. The Kier molecular flexibility index (Phi) is 5.46. The van der Waals surface area contributed by atoms with Crippen molar-refractivity contribution in [3.8, 4) is 11.4 Å². The lowest BCUT2D eigenvalue weighted by Gasteiger charge is -2.00. The fourth-order valence-electron chi connectivity index (χ4n) is 1.65. The van der Waals surface area contributed by atoms with Crippen LogP contribution in [0.15, 0.2) is 54.9 Å². The first-order chi connectivity index (χ1) is 10.3. The van der Waals surface area contributed by atoms with Crippen LogP contribution in [0.1, 0.15) is 26.1 Å². The lowest BCUT2D eigenvalue weighted by Crippen LogP contribution is -2.01. The minimum Gasteiger partial charge on any atom is -0.265 e. The predicted molar refractivity (Wildman–Crippen MR) is 83.1 cm³/mol. The molecule has 5 nitrogen and oxygen atoms in total. The van der Waals surface area contributed by atoms with Crippen molar-refractivity contribution in [3.05, 3.63) is 60.7 Å². The van der Waals surface area contributed by atoms with Crippen LogP contribution in [-0.4, -0.2) is 25.4 Å². The maximum atomic E-state index is 4.16. The van der Waals surface area contributed by atoms with Crippen LogP contribution in [0.5, 0.6) is 0 Å². The van der Waals surface area contributed by atoms with Gasteiger partial charge in [-0.05, 0) is 25.5 Å². The van der Waals surface area contributed by atoms with Crippen molar-refractivity contribution in [1.82, 2.24) is 25.4 Å². The molecule has 0 atom stereocenters. The first kappa shape index (κ1) is 14.7. The summed E-state index contributed by atoms with van der Waals surface area (Å²) in [6.07, 6.45) is 14.2. The highest BCUT2D eigenvalue weighted by molar-refractivity contribution is 5.70. The molecule has 0 saturated carbocycles. The number of aromatic nitrogens is 5. The van der Waals surface area contributed by atoms with Gasteiger partial charge in [0.25, 0.3) is 0 Å². The lowest BCUT2D eigenvalue weighted by atomic mass is 10.2. The van der Waals surface area contributed by atoms with Crippen LogP contribution in [0, 0.1) is 0 Å². The van der Waals surface area contributed by atoms with Crippen LogP contribution < -0.4 is 0 Å². The summed E-state index contributed by atoms with van der Waals surface area (Å²) in [5.41, 5.74) is 1.72. The normalized spacial score (nSPS) is 12.4. The third-order valence-electron chi connectivity index (χ3n) is 2.67. The fourth-order valence-corrected chi connectivity index (χ4v) is 1.65. The second kappa shape index (κ2) is 7.79. The van der Waals surface area contributed by atoms with E-state index < -0.39 is 0 Å². The van der Waals surface area contributed by atoms with Crippen LogP contribution in [0.2, 0.25) is 0 Å². The third kappa shape index (κ3) is 4.14. The van der Waals surface area contributed by atoms with Gasteiger partial charge in [0.1, 0.15) is 0 Å². The van der Waals surface area contributed by atoms with Crippen molar-refractivity contribution in [2.75, 3.05) is 0 Å². The Balaban J connectivity index is 2.28. The fraction of sp³-hybridized carbons (Fsp3) is 0.188. The van der Waals surface area contributed by atoms with Gasteiger partial charge in [0.05, 0.1) is 0 Å². The molecule has 2 aromatic heterocycles. The van der Waals surface area contributed by atoms with E-state index in [2.05, 4.69) is 38.4 Å². The molecule has 5 heteroatoms. The van der Waals surface area contributed by atoms with E-state index in [4.69, 9.17) is 0 Å². The molecule has 0 spiro atoms. The maximum Gasteiger partial charge on any atom is 0.203 e. The summed E-state index contributed by atoms with van der Waals surface area (Å²) in [5, 5.41) is 16.6. The number of nitrogens with zero attached hydrogens (tertiary/aromatic N) is 5. The van der Waals surface area contributed by atoms with Crippen molar-refractivity contribution in [1.29, 1.82) is 0 Å². The zero-order valence-electron chi connectivity index (χ0n) is 12.1. The number of hydrogen-bond acceptors (Lipinski definition) is 5. The van der Waals surface area contributed by atoms with Crippen molar-refractivity contribution in [3.63, 3.8) is 0 Å². The standard InChI is InChI=1S/C16H17N5/c1-3-5-6-8-13(7-4-2)15-18-20-16(21-19-15)14-9-11-17-12-10-14/h4-12H,3H2,1-2H3/b6-5+,7-4-,13-8+. The SMILES string of the molecule is C\C=C/C(=C\C=C\CC)c1nnc(-c2ccncc2)nn1. The van der Waals surface area contributed by atoms with Crippen LogP contribution in [0.25, 0.3) is 17.0 Å². The highest BCUT2D eigenvalue weighted by Crippen LogP contribution is 2.13. The second-order valence-corrected chi connectivity index (χ2v) is 4.24. The Labute approximate surface area is 124 Å². The van der Waals surface area contributed by atoms with Gasteiger partial charge in [-0.1, -0.05) is 37.3 Å². The topological polar surface area (TPSA) is 64.5 Å². The van der Waals surface area contributed by atoms with Crippen molar-refractivity contribution in [2.45, 2.75) is 20.3 Å². The minimum atomic E-state index is 0.491. The van der Waals surface area contributed by atoms with Gasteiger partial charge in [-0.15, -0.1) is 20.4 Å². The number of allylic oxidation sites excluding steroid dienone is 6. The first-order valence-electron chi connectivity index (χ1n) is 6.82. The van der Waals surface area contributed by atoms with Gasteiger partial charge in [0, 0.05) is 23.5 Å². The number of hydrogen-bond donors (Lipinski definition) is 0. The molecule has 0 amide bonds. The molecule has 0 aliphatic rings. The molecule has 106 valence electrons. The highest BCUT2D eigenvalue weighted by atomic mass is 15.3. The Morgan fingerprint density at radius 3 is 2.43 bits per heavy atom. The average molecular weight is 279 g/mol. The number of rotatable bonds is 5. The molecule has 2 heterocycles. The highest BCUT2D eigenvalue weighted by Gasteiger charge is 2.06. The smallest absolute Gasteiger partial charge is 0.203 e. The van der Waals surface area contributed by atoms with Gasteiger partial charge in [-0.25, -0.2) is 0 Å². The molecule has 0 unspecified atom stereocenters. The molecule has 2 aromatic rings. The molecule has 0 bridgehead atoms. The molecule has 0 N–H and O–H groups in total. The molecule has 2 rings (SSSR count). The Hall–Kier alpha value is -2.69. The van der Waals surface area contributed by atoms with Gasteiger partial charge in [-0.3, -0.25) is 4.98 Å². The minimum absolute atomic E-state index is 0.491. The largest absolute Gasteiger partial charge is 0.265 e. The number of pyridine rings is 1. The van der Waals surface area contributed by atoms with Gasteiger partial charge in [0.2, 0.25) is 11.6 Å². The van der Waals surface area contributed by atoms with Crippen LogP contribution in [-0.2, 0) is 0 Å². The zero-order chi connectivity index (χ0) is 14.9. The van der Waals surface area contributed by atoms with Crippen LogP contribution >= 0.6 is 0 Å². The Morgan fingerprint density at radius 1 is 1.10 bits per heavy atom. The first-order valence-corrected chi connectivity index (χ1v) is 6.82. The second-order valence-electron chi connectivity index (χ2n) is 4.24. The molecule has 0 aliphatic heterocycles. The summed E-state index contributed by atoms with van der Waals surface area (Å²) in [6, 6.07) is 3.65. The molecule has 0 saturated heterocycles. The molecule has 0 radical (unpaired) electrons. The predicted octanol–water partition coefficient (Wildman–Crippen LogP) is 3.25. The lowest BCUT2D eigenvalue weighted by molar-refractivity contribution is 0.845. The Bertz CT molecular complexity index is 642. The molecular weight excluding hydrogens is 262 g/mol. The van der Waals surface area contributed by atoms with Crippen LogP contribution in [0.3, 0.4) is 0 Å². The summed E-state index contributed by atoms with van der Waals surface area (Å²) < 4.78 is 0. The van der Waals surface area contributed by atoms with Crippen LogP contribution in [0.4, 0.5) is 0 Å². The summed E-state index contributed by atoms with van der Waals surface area (Å²) >= 11 is 0. The average Bonchev–Trinajstić information content (AvgIpc) is 2.55. The van der Waals surface area contributed by atoms with E-state index in [0.29, 0.717) is 11.6 Å². The summed E-state index contributed by atoms with van der Waals surface area (Å²) in [6.45, 7) is 4.03. The van der Waals surface area contributed by atoms with E-state index in [1.165, 1.54) is 0 Å². The molecule has 0 aromatic carbocycles. The van der Waals surface area contributed by atoms with E-state index in [1.807, 2.05) is 43.4 Å².